The van der Waals surface area contributed by atoms with Crippen molar-refractivity contribution in [2.45, 2.75) is 19.6 Å². The Kier molecular flexibility index (Phi) is 4.46. The molecule has 0 aliphatic rings. The van der Waals surface area contributed by atoms with Crippen LogP contribution in [0.3, 0.4) is 0 Å². The Morgan fingerprint density at radius 3 is 2.57 bits per heavy atom. The van der Waals surface area contributed by atoms with E-state index in [-0.39, 0.29) is 5.69 Å². The summed E-state index contributed by atoms with van der Waals surface area (Å²) in [7, 11) is 0. The van der Waals surface area contributed by atoms with E-state index in [2.05, 4.69) is 25.3 Å². The second kappa shape index (κ2) is 6.95. The second-order valence-electron chi connectivity index (χ2n) is 6.38. The van der Waals surface area contributed by atoms with Gasteiger partial charge in [0.05, 0.1) is 11.3 Å². The third-order valence-corrected chi connectivity index (χ3v) is 4.31. The van der Waals surface area contributed by atoms with Crippen molar-refractivity contribution in [3.05, 3.63) is 71.8 Å². The number of anilines is 1. The Hall–Kier alpha value is -3.42. The number of nitrogens with zero attached hydrogens (tertiary/aromatic N) is 3. The molecule has 0 fully saturated rings. The molecule has 0 radical (unpaired) electrons. The van der Waals surface area contributed by atoms with Crippen molar-refractivity contribution in [3.8, 4) is 11.3 Å². The van der Waals surface area contributed by atoms with Crippen LogP contribution in [0, 0.1) is 6.92 Å². The fourth-order valence-electron chi connectivity index (χ4n) is 3.00. The van der Waals surface area contributed by atoms with E-state index in [9.17, 15) is 13.2 Å². The molecule has 0 amide bonds. The van der Waals surface area contributed by atoms with Gasteiger partial charge in [-0.05, 0) is 48.9 Å². The predicted octanol–water partition coefficient (Wildman–Crippen LogP) is 4.96. The summed E-state index contributed by atoms with van der Waals surface area (Å²) >= 11 is 0. The number of pyridine rings is 3. The van der Waals surface area contributed by atoms with Crippen molar-refractivity contribution in [3.63, 3.8) is 0 Å². The number of nitrogens with one attached hydrogen (secondary N) is 2. The van der Waals surface area contributed by atoms with Crippen LogP contribution in [0.15, 0.2) is 55.0 Å². The Labute approximate surface area is 158 Å². The highest BCUT2D eigenvalue weighted by Crippen LogP contribution is 2.34. The summed E-state index contributed by atoms with van der Waals surface area (Å²) < 4.78 is 39.7. The number of aromatic nitrogens is 4. The van der Waals surface area contributed by atoms with E-state index < -0.39 is 11.7 Å². The Morgan fingerprint density at radius 1 is 1.04 bits per heavy atom. The van der Waals surface area contributed by atoms with E-state index >= 15 is 0 Å². The monoisotopic (exact) mass is 383 g/mol. The molecule has 0 atom stereocenters. The molecule has 0 saturated carbocycles. The quantitative estimate of drug-likeness (QED) is 0.523. The van der Waals surface area contributed by atoms with Gasteiger partial charge in [-0.15, -0.1) is 0 Å². The van der Waals surface area contributed by atoms with Gasteiger partial charge in [-0.1, -0.05) is 0 Å². The molecule has 28 heavy (non-hydrogen) atoms. The minimum absolute atomic E-state index is 0.256. The molecule has 0 saturated heterocycles. The van der Waals surface area contributed by atoms with Crippen LogP contribution in [0.4, 0.5) is 19.0 Å². The summed E-state index contributed by atoms with van der Waals surface area (Å²) in [6, 6.07) is 9.36. The van der Waals surface area contributed by atoms with Gasteiger partial charge in [0.25, 0.3) is 0 Å². The zero-order valence-corrected chi connectivity index (χ0v) is 14.9. The molecular formula is C20H16F3N5. The maximum Gasteiger partial charge on any atom is 0.416 e. The van der Waals surface area contributed by atoms with Crippen LogP contribution in [0.5, 0.6) is 0 Å². The van der Waals surface area contributed by atoms with Crippen molar-refractivity contribution in [1.29, 1.82) is 0 Å². The Bertz CT molecular complexity index is 1120. The van der Waals surface area contributed by atoms with Gasteiger partial charge < -0.3 is 10.3 Å². The molecule has 0 spiro atoms. The topological polar surface area (TPSA) is 66.5 Å². The zero-order chi connectivity index (χ0) is 19.7. The summed E-state index contributed by atoms with van der Waals surface area (Å²) in [5.41, 5.74) is 2.01. The molecule has 0 aromatic carbocycles. The molecule has 8 heteroatoms. The summed E-state index contributed by atoms with van der Waals surface area (Å²) in [6.45, 7) is 2.06. The predicted molar refractivity (Wildman–Crippen MR) is 101 cm³/mol. The second-order valence-corrected chi connectivity index (χ2v) is 6.38. The average Bonchev–Trinajstić information content (AvgIpc) is 3.14. The number of aryl methyl sites for hydroxylation is 1. The molecule has 5 nitrogen and oxygen atoms in total. The van der Waals surface area contributed by atoms with Gasteiger partial charge in [-0.3, -0.25) is 9.97 Å². The number of fused-ring (bicyclic) bond motifs is 1. The number of alkyl halides is 3. The lowest BCUT2D eigenvalue weighted by molar-refractivity contribution is -0.137. The summed E-state index contributed by atoms with van der Waals surface area (Å²) in [5, 5.41) is 3.91. The standard InChI is InChI=1S/C20H16F3N5/c1-12-8-14(20(21,22)23)9-17(27-12)16-10-18(28-19-15(16)4-7-25-19)26-11-13-2-5-24-6-3-13/h2-10H,11H2,1H3,(H2,25,26,28). The zero-order valence-electron chi connectivity index (χ0n) is 14.9. The average molecular weight is 383 g/mol. The summed E-state index contributed by atoms with van der Waals surface area (Å²) in [6.07, 6.45) is 0.655. The lowest BCUT2D eigenvalue weighted by Gasteiger charge is -2.12. The molecule has 0 bridgehead atoms. The van der Waals surface area contributed by atoms with Gasteiger partial charge in [0.1, 0.15) is 11.5 Å². The molecule has 4 rings (SSSR count). The van der Waals surface area contributed by atoms with Crippen LogP contribution >= 0.6 is 0 Å². The van der Waals surface area contributed by atoms with E-state index in [1.54, 1.807) is 37.6 Å². The molecule has 4 aromatic rings. The van der Waals surface area contributed by atoms with Gasteiger partial charge in [0, 0.05) is 41.8 Å². The highest BCUT2D eigenvalue weighted by Gasteiger charge is 2.31. The molecule has 142 valence electrons. The normalized spacial score (nSPS) is 11.7. The molecule has 0 unspecified atom stereocenters. The summed E-state index contributed by atoms with van der Waals surface area (Å²) in [4.78, 5) is 15.8. The largest absolute Gasteiger partial charge is 0.416 e. The Morgan fingerprint density at radius 2 is 1.82 bits per heavy atom. The number of hydrogen-bond donors (Lipinski definition) is 2. The molecular weight excluding hydrogens is 367 g/mol. The van der Waals surface area contributed by atoms with Crippen molar-refractivity contribution < 1.29 is 13.2 Å². The molecule has 0 aliphatic heterocycles. The number of H-pyrrole nitrogens is 1. The van der Waals surface area contributed by atoms with E-state index in [1.165, 1.54) is 0 Å². The smallest absolute Gasteiger partial charge is 0.366 e. The lowest BCUT2D eigenvalue weighted by Crippen LogP contribution is -2.07. The maximum atomic E-state index is 13.2. The first-order valence-corrected chi connectivity index (χ1v) is 8.57. The van der Waals surface area contributed by atoms with Gasteiger partial charge in [-0.2, -0.15) is 13.2 Å². The maximum absolute atomic E-state index is 13.2. The van der Waals surface area contributed by atoms with Crippen LogP contribution in [-0.2, 0) is 12.7 Å². The van der Waals surface area contributed by atoms with Crippen LogP contribution in [0.2, 0.25) is 0 Å². The van der Waals surface area contributed by atoms with Crippen LogP contribution in [-0.4, -0.2) is 19.9 Å². The molecule has 4 heterocycles. The minimum Gasteiger partial charge on any atom is -0.366 e. The van der Waals surface area contributed by atoms with Crippen LogP contribution in [0.1, 0.15) is 16.8 Å². The third-order valence-electron chi connectivity index (χ3n) is 4.31. The fourth-order valence-corrected chi connectivity index (χ4v) is 3.00. The van der Waals surface area contributed by atoms with Crippen molar-refractivity contribution in [2.75, 3.05) is 5.32 Å². The molecule has 2 N–H and O–H groups in total. The first kappa shape index (κ1) is 18.0. The van der Waals surface area contributed by atoms with Crippen LogP contribution in [0.25, 0.3) is 22.3 Å². The van der Waals surface area contributed by atoms with Crippen LogP contribution < -0.4 is 5.32 Å². The highest BCUT2D eigenvalue weighted by atomic mass is 19.4. The van der Waals surface area contributed by atoms with Gasteiger partial charge in [0.2, 0.25) is 0 Å². The number of halogens is 3. The Balaban J connectivity index is 1.77. The van der Waals surface area contributed by atoms with E-state index in [0.717, 1.165) is 17.7 Å². The van der Waals surface area contributed by atoms with Crippen molar-refractivity contribution in [2.24, 2.45) is 0 Å². The van der Waals surface area contributed by atoms with E-state index in [4.69, 9.17) is 0 Å². The lowest BCUT2D eigenvalue weighted by atomic mass is 10.1. The highest BCUT2D eigenvalue weighted by molar-refractivity contribution is 5.93. The van der Waals surface area contributed by atoms with E-state index in [0.29, 0.717) is 34.7 Å². The van der Waals surface area contributed by atoms with Gasteiger partial charge in [-0.25, -0.2) is 4.98 Å². The van der Waals surface area contributed by atoms with Crippen molar-refractivity contribution >= 4 is 16.9 Å². The fraction of sp³-hybridized carbons (Fsp3) is 0.150. The molecule has 0 aliphatic carbocycles. The van der Waals surface area contributed by atoms with Gasteiger partial charge in [0.15, 0.2) is 0 Å². The SMILES string of the molecule is Cc1cc(C(F)(F)F)cc(-c2cc(NCc3ccncc3)nc3[nH]ccc23)n1. The number of hydrogen-bond acceptors (Lipinski definition) is 4. The van der Waals surface area contributed by atoms with Gasteiger partial charge >= 0.3 is 6.18 Å². The third kappa shape index (κ3) is 3.66. The number of aromatic amines is 1. The number of rotatable bonds is 4. The first-order chi connectivity index (χ1) is 13.4. The minimum atomic E-state index is -4.44. The van der Waals surface area contributed by atoms with E-state index in [1.807, 2.05) is 12.1 Å². The molecule has 4 aromatic heterocycles. The first-order valence-electron chi connectivity index (χ1n) is 8.57. The van der Waals surface area contributed by atoms with Crippen molar-refractivity contribution in [1.82, 2.24) is 19.9 Å². The summed E-state index contributed by atoms with van der Waals surface area (Å²) in [5.74, 6) is 0.540.